The Hall–Kier alpha value is -1.97. The summed E-state index contributed by atoms with van der Waals surface area (Å²) >= 11 is 6.10. The number of H-pyrrole nitrogens is 1. The number of rotatable bonds is 5. The van der Waals surface area contributed by atoms with Crippen LogP contribution in [0, 0.1) is 0 Å². The van der Waals surface area contributed by atoms with Gasteiger partial charge in [0.2, 0.25) is 0 Å². The van der Waals surface area contributed by atoms with E-state index in [1.165, 1.54) is 0 Å². The van der Waals surface area contributed by atoms with Gasteiger partial charge in [-0.1, -0.05) is 41.9 Å². The lowest BCUT2D eigenvalue weighted by molar-refractivity contribution is 0.264. The van der Waals surface area contributed by atoms with Gasteiger partial charge in [0.1, 0.15) is 6.61 Å². The topological polar surface area (TPSA) is 28.3 Å². The van der Waals surface area contributed by atoms with Crippen LogP contribution in [0.25, 0.3) is 22.2 Å². The van der Waals surface area contributed by atoms with E-state index in [9.17, 15) is 0 Å². The molecule has 0 fully saturated rings. The molecule has 0 atom stereocenters. The van der Waals surface area contributed by atoms with Crippen molar-refractivity contribution in [2.24, 2.45) is 0 Å². The first kappa shape index (κ1) is 14.9. The molecular weight excluding hydrogens is 296 g/mol. The van der Waals surface area contributed by atoms with E-state index in [0.29, 0.717) is 11.6 Å². The normalized spacial score (nSPS) is 11.3. The summed E-state index contributed by atoms with van der Waals surface area (Å²) in [7, 11) is 4.08. The molecule has 3 nitrogen and oxygen atoms in total. The van der Waals surface area contributed by atoms with E-state index in [-0.39, 0.29) is 0 Å². The third-order valence-corrected chi connectivity index (χ3v) is 3.80. The molecule has 22 heavy (non-hydrogen) atoms. The van der Waals surface area contributed by atoms with Crippen LogP contribution in [-0.2, 0) is 0 Å². The maximum Gasteiger partial charge on any atom is 0.152 e. The zero-order valence-corrected chi connectivity index (χ0v) is 13.5. The smallest absolute Gasteiger partial charge is 0.152 e. The number of ether oxygens (including phenoxy) is 1. The van der Waals surface area contributed by atoms with E-state index in [4.69, 9.17) is 16.3 Å². The molecule has 3 aromatic rings. The van der Waals surface area contributed by atoms with Gasteiger partial charge in [0.15, 0.2) is 5.75 Å². The van der Waals surface area contributed by atoms with Crippen LogP contribution in [-0.4, -0.2) is 37.1 Å². The van der Waals surface area contributed by atoms with Gasteiger partial charge in [0.25, 0.3) is 0 Å². The third-order valence-electron chi connectivity index (χ3n) is 3.56. The summed E-state index contributed by atoms with van der Waals surface area (Å²) in [6.07, 6.45) is 0. The quantitative estimate of drug-likeness (QED) is 0.754. The van der Waals surface area contributed by atoms with Crippen molar-refractivity contribution >= 4 is 22.5 Å². The second-order valence-electron chi connectivity index (χ2n) is 5.54. The van der Waals surface area contributed by atoms with Crippen molar-refractivity contribution in [1.29, 1.82) is 0 Å². The fourth-order valence-corrected chi connectivity index (χ4v) is 2.60. The van der Waals surface area contributed by atoms with Crippen LogP contribution in [0.4, 0.5) is 0 Å². The number of hydrogen-bond acceptors (Lipinski definition) is 2. The zero-order valence-electron chi connectivity index (χ0n) is 12.8. The number of aromatic nitrogens is 1. The molecule has 0 aliphatic rings. The number of halogens is 1. The summed E-state index contributed by atoms with van der Waals surface area (Å²) in [6.45, 7) is 1.51. The van der Waals surface area contributed by atoms with Crippen molar-refractivity contribution in [3.8, 4) is 17.0 Å². The fourth-order valence-electron chi connectivity index (χ4n) is 2.43. The highest BCUT2D eigenvalue weighted by atomic mass is 35.5. The predicted octanol–water partition coefficient (Wildman–Crippen LogP) is 4.43. The molecular formula is C18H19ClN2O. The number of fused-ring (bicyclic) bond motifs is 1. The molecule has 1 aromatic heterocycles. The van der Waals surface area contributed by atoms with E-state index in [1.54, 1.807) is 0 Å². The molecule has 0 spiro atoms. The fraction of sp³-hybridized carbons (Fsp3) is 0.222. The van der Waals surface area contributed by atoms with Crippen molar-refractivity contribution in [3.05, 3.63) is 53.6 Å². The number of hydrogen-bond donors (Lipinski definition) is 1. The van der Waals surface area contributed by atoms with Crippen LogP contribution in [0.15, 0.2) is 48.5 Å². The monoisotopic (exact) mass is 314 g/mol. The van der Waals surface area contributed by atoms with E-state index in [0.717, 1.165) is 34.5 Å². The molecule has 0 radical (unpaired) electrons. The van der Waals surface area contributed by atoms with Crippen LogP contribution in [0.3, 0.4) is 0 Å². The van der Waals surface area contributed by atoms with E-state index in [1.807, 2.05) is 50.5 Å². The van der Waals surface area contributed by atoms with Gasteiger partial charge >= 0.3 is 0 Å². The molecule has 1 N–H and O–H groups in total. The van der Waals surface area contributed by atoms with Crippen molar-refractivity contribution < 1.29 is 4.74 Å². The zero-order chi connectivity index (χ0) is 15.5. The molecule has 0 saturated carbocycles. The van der Waals surface area contributed by atoms with Gasteiger partial charge in [-0.3, -0.25) is 0 Å². The third kappa shape index (κ3) is 3.11. The minimum absolute atomic E-state index is 0.641. The highest BCUT2D eigenvalue weighted by Crippen LogP contribution is 2.37. The number of aromatic amines is 1. The number of likely N-dealkylation sites (N-methyl/N-ethyl adjacent to an activating group) is 1. The molecule has 0 unspecified atom stereocenters. The Kier molecular flexibility index (Phi) is 4.36. The first-order chi connectivity index (χ1) is 10.6. The molecule has 4 heteroatoms. The number of nitrogens with one attached hydrogen (secondary N) is 1. The van der Waals surface area contributed by atoms with Gasteiger partial charge in [0.05, 0.1) is 11.2 Å². The summed E-state index contributed by atoms with van der Waals surface area (Å²) in [4.78, 5) is 5.54. The van der Waals surface area contributed by atoms with Crippen LogP contribution in [0.2, 0.25) is 5.02 Å². The predicted molar refractivity (Wildman–Crippen MR) is 92.8 cm³/mol. The van der Waals surface area contributed by atoms with Gasteiger partial charge in [-0.15, -0.1) is 0 Å². The first-order valence-electron chi connectivity index (χ1n) is 7.29. The average molecular weight is 315 g/mol. The highest BCUT2D eigenvalue weighted by Gasteiger charge is 2.14. The van der Waals surface area contributed by atoms with Crippen molar-refractivity contribution in [1.82, 2.24) is 9.88 Å². The maximum absolute atomic E-state index is 6.10. The maximum atomic E-state index is 6.10. The lowest BCUT2D eigenvalue weighted by Gasteiger charge is -2.12. The number of benzene rings is 2. The van der Waals surface area contributed by atoms with E-state index in [2.05, 4.69) is 22.0 Å². The summed E-state index contributed by atoms with van der Waals surface area (Å²) in [5.74, 6) is 0.889. The van der Waals surface area contributed by atoms with Crippen molar-refractivity contribution in [3.63, 3.8) is 0 Å². The molecule has 1 heterocycles. The Morgan fingerprint density at radius 2 is 1.86 bits per heavy atom. The minimum Gasteiger partial charge on any atom is -0.489 e. The van der Waals surface area contributed by atoms with Crippen LogP contribution < -0.4 is 4.74 Å². The molecule has 2 aromatic carbocycles. The van der Waals surface area contributed by atoms with Gasteiger partial charge < -0.3 is 14.6 Å². The Balaban J connectivity index is 2.05. The average Bonchev–Trinajstić information content (AvgIpc) is 2.86. The lowest BCUT2D eigenvalue weighted by atomic mass is 10.1. The Morgan fingerprint density at radius 3 is 2.59 bits per heavy atom. The van der Waals surface area contributed by atoms with Gasteiger partial charge in [-0.05, 0) is 32.3 Å². The number of nitrogens with zero attached hydrogens (tertiary/aromatic N) is 1. The lowest BCUT2D eigenvalue weighted by Crippen LogP contribution is -2.19. The second kappa shape index (κ2) is 6.42. The Morgan fingerprint density at radius 1 is 1.09 bits per heavy atom. The standard InChI is InChI=1S/C18H19ClN2O/c1-21(2)10-11-22-18-15-9-8-14(19)12-16(15)20-17(18)13-6-4-3-5-7-13/h3-9,12,20H,10-11H2,1-2H3. The summed E-state index contributed by atoms with van der Waals surface area (Å²) in [6, 6.07) is 16.0. The highest BCUT2D eigenvalue weighted by molar-refractivity contribution is 6.31. The summed E-state index contributed by atoms with van der Waals surface area (Å²) in [5.41, 5.74) is 3.09. The van der Waals surface area contributed by atoms with Gasteiger partial charge in [-0.25, -0.2) is 0 Å². The summed E-state index contributed by atoms with van der Waals surface area (Å²) in [5, 5.41) is 1.77. The van der Waals surface area contributed by atoms with Gasteiger partial charge in [0, 0.05) is 22.5 Å². The van der Waals surface area contributed by atoms with Crippen LogP contribution in [0.5, 0.6) is 5.75 Å². The van der Waals surface area contributed by atoms with Gasteiger partial charge in [-0.2, -0.15) is 0 Å². The van der Waals surface area contributed by atoms with Crippen LogP contribution >= 0.6 is 11.6 Å². The minimum atomic E-state index is 0.641. The largest absolute Gasteiger partial charge is 0.489 e. The van der Waals surface area contributed by atoms with Crippen LogP contribution in [0.1, 0.15) is 0 Å². The SMILES string of the molecule is CN(C)CCOc1c(-c2ccccc2)[nH]c2cc(Cl)ccc12. The van der Waals surface area contributed by atoms with Crippen molar-refractivity contribution in [2.45, 2.75) is 0 Å². The first-order valence-corrected chi connectivity index (χ1v) is 7.67. The summed E-state index contributed by atoms with van der Waals surface area (Å²) < 4.78 is 6.08. The Labute approximate surface area is 135 Å². The second-order valence-corrected chi connectivity index (χ2v) is 5.97. The van der Waals surface area contributed by atoms with E-state index < -0.39 is 0 Å². The van der Waals surface area contributed by atoms with Crippen molar-refractivity contribution in [2.75, 3.05) is 27.2 Å². The Bertz CT molecular complexity index is 765. The molecule has 114 valence electrons. The van der Waals surface area contributed by atoms with E-state index >= 15 is 0 Å². The molecule has 0 aliphatic heterocycles. The molecule has 3 rings (SSSR count). The molecule has 0 aliphatic carbocycles. The molecule has 0 saturated heterocycles. The molecule has 0 amide bonds. The molecule has 0 bridgehead atoms.